The lowest BCUT2D eigenvalue weighted by Crippen LogP contribution is -2.34. The summed E-state index contributed by atoms with van der Waals surface area (Å²) in [6, 6.07) is 5.36. The maximum atomic E-state index is 11.5. The lowest BCUT2D eigenvalue weighted by Gasteiger charge is -2.24. The van der Waals surface area contributed by atoms with Gasteiger partial charge in [-0.2, -0.15) is 0 Å². The van der Waals surface area contributed by atoms with Crippen molar-refractivity contribution in [3.63, 3.8) is 0 Å². The van der Waals surface area contributed by atoms with Crippen molar-refractivity contribution in [1.82, 2.24) is 5.32 Å². The van der Waals surface area contributed by atoms with Crippen molar-refractivity contribution in [1.29, 1.82) is 0 Å². The molecule has 0 bridgehead atoms. The third kappa shape index (κ3) is 2.25. The standard InChI is InChI=1S/C12H16N2O3/c1-7-12(16)14-9-5-8(10(6-15)13-2)3-4-11(9)17-7/h3-5,7,10,13,15H,6H2,1-2H3,(H,14,16). The average Bonchev–Trinajstić information content (AvgIpc) is 2.32. The number of benzene rings is 1. The molecule has 1 aliphatic rings. The van der Waals surface area contributed by atoms with Gasteiger partial charge in [-0.3, -0.25) is 4.79 Å². The number of anilines is 1. The highest BCUT2D eigenvalue weighted by Gasteiger charge is 2.24. The molecule has 0 saturated heterocycles. The summed E-state index contributed by atoms with van der Waals surface area (Å²) < 4.78 is 5.45. The molecule has 92 valence electrons. The molecule has 0 radical (unpaired) electrons. The first-order valence-electron chi connectivity index (χ1n) is 5.55. The molecule has 1 amide bonds. The minimum atomic E-state index is -0.466. The Morgan fingerprint density at radius 3 is 3.00 bits per heavy atom. The predicted molar refractivity (Wildman–Crippen MR) is 64.0 cm³/mol. The number of aliphatic hydroxyl groups is 1. The number of carbonyl (C=O) groups excluding carboxylic acids is 1. The third-order valence-corrected chi connectivity index (χ3v) is 2.87. The second kappa shape index (κ2) is 4.73. The van der Waals surface area contributed by atoms with Crippen molar-refractivity contribution in [2.24, 2.45) is 0 Å². The number of carbonyl (C=O) groups is 1. The zero-order valence-corrected chi connectivity index (χ0v) is 9.86. The molecule has 0 aromatic heterocycles. The molecule has 5 nitrogen and oxygen atoms in total. The van der Waals surface area contributed by atoms with E-state index in [0.29, 0.717) is 11.4 Å². The molecule has 1 aliphatic heterocycles. The van der Waals surface area contributed by atoms with E-state index in [9.17, 15) is 9.90 Å². The second-order valence-corrected chi connectivity index (χ2v) is 4.03. The minimum Gasteiger partial charge on any atom is -0.479 e. The molecule has 1 aromatic carbocycles. The topological polar surface area (TPSA) is 70.6 Å². The van der Waals surface area contributed by atoms with Crippen LogP contribution in [0.15, 0.2) is 18.2 Å². The second-order valence-electron chi connectivity index (χ2n) is 4.03. The molecule has 0 fully saturated rings. The lowest BCUT2D eigenvalue weighted by atomic mass is 10.1. The highest BCUT2D eigenvalue weighted by molar-refractivity contribution is 5.97. The number of hydrogen-bond acceptors (Lipinski definition) is 4. The first-order valence-corrected chi connectivity index (χ1v) is 5.55. The molecule has 2 atom stereocenters. The van der Waals surface area contributed by atoms with Crippen LogP contribution < -0.4 is 15.4 Å². The summed E-state index contributed by atoms with van der Waals surface area (Å²) in [7, 11) is 1.78. The predicted octanol–water partition coefficient (Wildman–Crippen LogP) is 0.659. The minimum absolute atomic E-state index is 0.000489. The van der Waals surface area contributed by atoms with E-state index in [1.165, 1.54) is 0 Å². The Hall–Kier alpha value is -1.59. The van der Waals surface area contributed by atoms with E-state index >= 15 is 0 Å². The van der Waals surface area contributed by atoms with Crippen LogP contribution in [-0.2, 0) is 4.79 Å². The molecular weight excluding hydrogens is 220 g/mol. The van der Waals surface area contributed by atoms with Crippen LogP contribution in [0.5, 0.6) is 5.75 Å². The number of likely N-dealkylation sites (N-methyl/N-ethyl adjacent to an activating group) is 1. The van der Waals surface area contributed by atoms with Crippen molar-refractivity contribution >= 4 is 11.6 Å². The van der Waals surface area contributed by atoms with E-state index in [-0.39, 0.29) is 18.6 Å². The fraction of sp³-hybridized carbons (Fsp3) is 0.417. The van der Waals surface area contributed by atoms with Gasteiger partial charge in [0, 0.05) is 0 Å². The maximum absolute atomic E-state index is 11.5. The van der Waals surface area contributed by atoms with Gasteiger partial charge >= 0.3 is 0 Å². The molecule has 1 aromatic rings. The normalized spacial score (nSPS) is 20.2. The Kier molecular flexibility index (Phi) is 3.31. The first kappa shape index (κ1) is 11.9. The van der Waals surface area contributed by atoms with Crippen molar-refractivity contribution < 1.29 is 14.6 Å². The van der Waals surface area contributed by atoms with Crippen LogP contribution in [0.4, 0.5) is 5.69 Å². The number of amides is 1. The van der Waals surface area contributed by atoms with E-state index < -0.39 is 6.10 Å². The van der Waals surface area contributed by atoms with E-state index in [1.807, 2.05) is 12.1 Å². The smallest absolute Gasteiger partial charge is 0.265 e. The monoisotopic (exact) mass is 236 g/mol. The quantitative estimate of drug-likeness (QED) is 0.721. The summed E-state index contributed by atoms with van der Waals surface area (Å²) in [5.74, 6) is 0.508. The van der Waals surface area contributed by atoms with Crippen molar-refractivity contribution in [3.8, 4) is 5.75 Å². The SMILES string of the molecule is CNC(CO)c1ccc2c(c1)NC(=O)C(C)O2. The van der Waals surface area contributed by atoms with Gasteiger partial charge in [-0.05, 0) is 31.7 Å². The summed E-state index contributed by atoms with van der Waals surface area (Å²) in [5, 5.41) is 15.0. The van der Waals surface area contributed by atoms with Crippen LogP contribution in [0.2, 0.25) is 0 Å². The van der Waals surface area contributed by atoms with Crippen LogP contribution in [0, 0.1) is 0 Å². The molecule has 17 heavy (non-hydrogen) atoms. The maximum Gasteiger partial charge on any atom is 0.265 e. The zero-order valence-electron chi connectivity index (χ0n) is 9.86. The van der Waals surface area contributed by atoms with Crippen molar-refractivity contribution in [3.05, 3.63) is 23.8 Å². The molecule has 0 spiro atoms. The van der Waals surface area contributed by atoms with Gasteiger partial charge in [-0.15, -0.1) is 0 Å². The van der Waals surface area contributed by atoms with Crippen molar-refractivity contribution in [2.45, 2.75) is 19.1 Å². The number of ether oxygens (including phenoxy) is 1. The van der Waals surface area contributed by atoms with Gasteiger partial charge in [0.1, 0.15) is 5.75 Å². The first-order chi connectivity index (χ1) is 8.15. The van der Waals surface area contributed by atoms with Crippen LogP contribution in [0.3, 0.4) is 0 Å². The fourth-order valence-electron chi connectivity index (χ4n) is 1.81. The molecule has 2 unspecified atom stereocenters. The highest BCUT2D eigenvalue weighted by Crippen LogP contribution is 2.31. The summed E-state index contributed by atoms with van der Waals surface area (Å²) >= 11 is 0. The largest absolute Gasteiger partial charge is 0.479 e. The van der Waals surface area contributed by atoms with E-state index in [4.69, 9.17) is 4.74 Å². The summed E-state index contributed by atoms with van der Waals surface area (Å²) in [5.41, 5.74) is 1.56. The number of fused-ring (bicyclic) bond motifs is 1. The zero-order chi connectivity index (χ0) is 12.4. The van der Waals surface area contributed by atoms with Gasteiger partial charge < -0.3 is 20.5 Å². The van der Waals surface area contributed by atoms with E-state index in [0.717, 1.165) is 5.56 Å². The third-order valence-electron chi connectivity index (χ3n) is 2.87. The molecule has 0 saturated carbocycles. The van der Waals surface area contributed by atoms with E-state index in [2.05, 4.69) is 10.6 Å². The summed E-state index contributed by atoms with van der Waals surface area (Å²) in [4.78, 5) is 11.5. The van der Waals surface area contributed by atoms with Gasteiger partial charge in [0.2, 0.25) is 0 Å². The Bertz CT molecular complexity index is 430. The molecule has 1 heterocycles. The number of hydrogen-bond donors (Lipinski definition) is 3. The number of nitrogens with one attached hydrogen (secondary N) is 2. The van der Waals surface area contributed by atoms with Gasteiger partial charge in [0.25, 0.3) is 5.91 Å². The van der Waals surface area contributed by atoms with Gasteiger partial charge in [-0.25, -0.2) is 0 Å². The summed E-state index contributed by atoms with van der Waals surface area (Å²) in [6.45, 7) is 1.71. The van der Waals surface area contributed by atoms with Crippen LogP contribution >= 0.6 is 0 Å². The van der Waals surface area contributed by atoms with Crippen LogP contribution in [-0.4, -0.2) is 30.8 Å². The molecule has 5 heteroatoms. The highest BCUT2D eigenvalue weighted by atomic mass is 16.5. The molecular formula is C12H16N2O3. The van der Waals surface area contributed by atoms with Gasteiger partial charge in [0.05, 0.1) is 18.3 Å². The Labute approximate surface area is 99.8 Å². The number of aliphatic hydroxyl groups excluding tert-OH is 1. The molecule has 2 rings (SSSR count). The van der Waals surface area contributed by atoms with Crippen LogP contribution in [0.1, 0.15) is 18.5 Å². The molecule has 0 aliphatic carbocycles. The van der Waals surface area contributed by atoms with Crippen molar-refractivity contribution in [2.75, 3.05) is 19.0 Å². The van der Waals surface area contributed by atoms with E-state index in [1.54, 1.807) is 20.0 Å². The van der Waals surface area contributed by atoms with Gasteiger partial charge in [0.15, 0.2) is 6.10 Å². The molecule has 3 N–H and O–H groups in total. The summed E-state index contributed by atoms with van der Waals surface area (Å²) in [6.07, 6.45) is -0.466. The Morgan fingerprint density at radius 1 is 1.59 bits per heavy atom. The Morgan fingerprint density at radius 2 is 2.35 bits per heavy atom. The fourth-order valence-corrected chi connectivity index (χ4v) is 1.81. The number of rotatable bonds is 3. The average molecular weight is 236 g/mol. The van der Waals surface area contributed by atoms with Gasteiger partial charge in [-0.1, -0.05) is 6.07 Å². The Balaban J connectivity index is 2.31. The lowest BCUT2D eigenvalue weighted by molar-refractivity contribution is -0.122. The van der Waals surface area contributed by atoms with Crippen LogP contribution in [0.25, 0.3) is 0 Å².